The van der Waals surface area contributed by atoms with E-state index in [1.54, 1.807) is 24.3 Å². The second-order valence-electron chi connectivity index (χ2n) is 4.80. The Hall–Kier alpha value is -3.20. The molecule has 0 saturated heterocycles. The van der Waals surface area contributed by atoms with Crippen molar-refractivity contribution in [1.82, 2.24) is 4.57 Å². The number of nitrogens with zero attached hydrogens (tertiary/aromatic N) is 2. The van der Waals surface area contributed by atoms with Crippen LogP contribution >= 0.6 is 0 Å². The first-order valence-electron chi connectivity index (χ1n) is 6.71. The van der Waals surface area contributed by atoms with Crippen LogP contribution in [0, 0.1) is 23.0 Å². The van der Waals surface area contributed by atoms with E-state index in [2.05, 4.69) is 0 Å². The van der Waals surface area contributed by atoms with Crippen molar-refractivity contribution in [3.63, 3.8) is 0 Å². The molecule has 114 valence electrons. The Labute approximate surface area is 130 Å². The van der Waals surface area contributed by atoms with E-state index in [1.807, 2.05) is 6.07 Å². The number of halogens is 2. The minimum Gasteiger partial charge on any atom is -0.481 e. The van der Waals surface area contributed by atoms with Gasteiger partial charge in [-0.1, -0.05) is 18.2 Å². The fraction of sp³-hybridized carbons (Fsp3) is 0.0588. The number of ether oxygens (including phenoxy) is 1. The number of para-hydroxylation sites is 1. The average Bonchev–Trinajstić information content (AvgIpc) is 2.93. The van der Waals surface area contributed by atoms with Crippen LogP contribution in [0.25, 0.3) is 10.9 Å². The number of hydrogen-bond acceptors (Lipinski definition) is 3. The summed E-state index contributed by atoms with van der Waals surface area (Å²) in [5.41, 5.74) is 0.930. The molecular weight excluding hydrogens is 302 g/mol. The fourth-order valence-corrected chi connectivity index (χ4v) is 2.28. The number of hydrogen-bond donors (Lipinski definition) is 0. The predicted octanol–water partition coefficient (Wildman–Crippen LogP) is 3.51. The summed E-state index contributed by atoms with van der Waals surface area (Å²) in [5, 5.41) is 9.76. The van der Waals surface area contributed by atoms with Gasteiger partial charge in [-0.25, -0.2) is 8.78 Å². The minimum absolute atomic E-state index is 0.211. The highest BCUT2D eigenvalue weighted by Gasteiger charge is 2.14. The van der Waals surface area contributed by atoms with Gasteiger partial charge in [-0.3, -0.25) is 9.36 Å². The number of rotatable bonds is 3. The molecule has 0 aliphatic carbocycles. The third-order valence-corrected chi connectivity index (χ3v) is 3.35. The van der Waals surface area contributed by atoms with E-state index in [0.29, 0.717) is 22.5 Å². The number of carbonyl (C=O) groups is 1. The smallest absolute Gasteiger partial charge is 0.269 e. The summed E-state index contributed by atoms with van der Waals surface area (Å²) >= 11 is 0. The third kappa shape index (κ3) is 2.77. The highest BCUT2D eigenvalue weighted by Crippen LogP contribution is 2.21. The summed E-state index contributed by atoms with van der Waals surface area (Å²) in [4.78, 5) is 12.3. The molecule has 0 bridgehead atoms. The van der Waals surface area contributed by atoms with Gasteiger partial charge in [0.1, 0.15) is 11.9 Å². The molecule has 0 aliphatic rings. The molecule has 1 aromatic heterocycles. The van der Waals surface area contributed by atoms with Crippen molar-refractivity contribution in [1.29, 1.82) is 5.26 Å². The first kappa shape index (κ1) is 14.7. The summed E-state index contributed by atoms with van der Waals surface area (Å²) in [6.45, 7) is -0.438. The molecule has 2 aromatic carbocycles. The fourth-order valence-electron chi connectivity index (χ4n) is 2.28. The molecule has 0 spiro atoms. The lowest BCUT2D eigenvalue weighted by Crippen LogP contribution is -2.18. The van der Waals surface area contributed by atoms with E-state index < -0.39 is 24.1 Å². The zero-order chi connectivity index (χ0) is 16.4. The lowest BCUT2D eigenvalue weighted by molar-refractivity contribution is 0.0840. The molecule has 0 aliphatic heterocycles. The molecule has 0 unspecified atom stereocenters. The lowest BCUT2D eigenvalue weighted by atomic mass is 10.2. The first-order chi connectivity index (χ1) is 11.1. The van der Waals surface area contributed by atoms with Crippen molar-refractivity contribution in [2.24, 2.45) is 0 Å². The van der Waals surface area contributed by atoms with Crippen molar-refractivity contribution in [3.05, 3.63) is 65.9 Å². The molecule has 0 fully saturated rings. The number of nitriles is 1. The summed E-state index contributed by atoms with van der Waals surface area (Å²) in [7, 11) is 0. The van der Waals surface area contributed by atoms with Gasteiger partial charge < -0.3 is 4.74 Å². The van der Waals surface area contributed by atoms with Crippen molar-refractivity contribution in [2.45, 2.75) is 0 Å². The maximum absolute atomic E-state index is 13.5. The topological polar surface area (TPSA) is 55.0 Å². The van der Waals surface area contributed by atoms with Crippen LogP contribution in [-0.4, -0.2) is 17.1 Å². The Morgan fingerprint density at radius 1 is 1.22 bits per heavy atom. The van der Waals surface area contributed by atoms with Crippen molar-refractivity contribution >= 4 is 16.8 Å². The molecule has 0 atom stereocenters. The van der Waals surface area contributed by atoms with E-state index in [0.717, 1.165) is 12.1 Å². The van der Waals surface area contributed by atoms with E-state index in [-0.39, 0.29) is 5.75 Å². The zero-order valence-corrected chi connectivity index (χ0v) is 11.8. The molecule has 23 heavy (non-hydrogen) atoms. The largest absolute Gasteiger partial charge is 0.481 e. The van der Waals surface area contributed by atoms with Gasteiger partial charge in [-0.2, -0.15) is 5.26 Å². The van der Waals surface area contributed by atoms with Crippen LogP contribution in [0.4, 0.5) is 8.78 Å². The van der Waals surface area contributed by atoms with E-state index in [4.69, 9.17) is 10.00 Å². The Morgan fingerprint density at radius 3 is 2.74 bits per heavy atom. The molecule has 0 saturated carbocycles. The molecule has 3 rings (SSSR count). The highest BCUT2D eigenvalue weighted by atomic mass is 19.1. The standard InChI is InChI=1S/C17H10F2N2O2/c18-12-5-6-16(14(19)7-12)23-10-17(22)21-9-11(8-20)13-3-1-2-4-15(13)21/h1-7,9H,10H2. The summed E-state index contributed by atoms with van der Waals surface area (Å²) in [6, 6.07) is 11.8. The van der Waals surface area contributed by atoms with E-state index in [1.165, 1.54) is 10.8 Å². The Morgan fingerprint density at radius 2 is 2.00 bits per heavy atom. The van der Waals surface area contributed by atoms with Gasteiger partial charge in [0.05, 0.1) is 11.1 Å². The molecule has 3 aromatic rings. The van der Waals surface area contributed by atoms with Crippen LogP contribution in [-0.2, 0) is 0 Å². The number of fused-ring (bicyclic) bond motifs is 1. The maximum atomic E-state index is 13.5. The number of carbonyl (C=O) groups excluding carboxylic acids is 1. The van der Waals surface area contributed by atoms with Crippen LogP contribution in [0.1, 0.15) is 10.4 Å². The Balaban J connectivity index is 1.85. The maximum Gasteiger partial charge on any atom is 0.269 e. The van der Waals surface area contributed by atoms with Crippen molar-refractivity contribution in [3.8, 4) is 11.8 Å². The van der Waals surface area contributed by atoms with Gasteiger partial charge in [0, 0.05) is 17.6 Å². The molecular formula is C17H10F2N2O2. The molecule has 0 N–H and O–H groups in total. The highest BCUT2D eigenvalue weighted by molar-refractivity contribution is 5.96. The van der Waals surface area contributed by atoms with Crippen LogP contribution < -0.4 is 4.74 Å². The van der Waals surface area contributed by atoms with Gasteiger partial charge in [0.25, 0.3) is 5.91 Å². The zero-order valence-electron chi connectivity index (χ0n) is 11.8. The molecule has 1 heterocycles. The molecule has 6 heteroatoms. The number of aromatic nitrogens is 1. The first-order valence-corrected chi connectivity index (χ1v) is 6.71. The second-order valence-corrected chi connectivity index (χ2v) is 4.80. The van der Waals surface area contributed by atoms with Crippen LogP contribution in [0.5, 0.6) is 5.75 Å². The third-order valence-electron chi connectivity index (χ3n) is 3.35. The number of benzene rings is 2. The normalized spacial score (nSPS) is 10.5. The monoisotopic (exact) mass is 312 g/mol. The van der Waals surface area contributed by atoms with Gasteiger partial charge in [0.15, 0.2) is 18.2 Å². The lowest BCUT2D eigenvalue weighted by Gasteiger charge is -2.08. The Kier molecular flexibility index (Phi) is 3.77. The Bertz CT molecular complexity index is 941. The minimum atomic E-state index is -0.882. The average molecular weight is 312 g/mol. The second kappa shape index (κ2) is 5.89. The summed E-state index contributed by atoms with van der Waals surface area (Å²) < 4.78 is 32.7. The van der Waals surface area contributed by atoms with E-state index >= 15 is 0 Å². The summed E-state index contributed by atoms with van der Waals surface area (Å²) in [6.07, 6.45) is 1.41. The molecule has 0 radical (unpaired) electrons. The van der Waals surface area contributed by atoms with Crippen molar-refractivity contribution in [2.75, 3.05) is 6.61 Å². The van der Waals surface area contributed by atoms with Crippen LogP contribution in [0.15, 0.2) is 48.7 Å². The summed E-state index contributed by atoms with van der Waals surface area (Å²) in [5.74, 6) is -2.28. The molecule has 4 nitrogen and oxygen atoms in total. The van der Waals surface area contributed by atoms with Gasteiger partial charge in [0.2, 0.25) is 0 Å². The van der Waals surface area contributed by atoms with Crippen molar-refractivity contribution < 1.29 is 18.3 Å². The van der Waals surface area contributed by atoms with Gasteiger partial charge in [-0.05, 0) is 18.2 Å². The SMILES string of the molecule is N#Cc1cn(C(=O)COc2ccc(F)cc2F)c2ccccc12. The van der Waals surface area contributed by atoms with E-state index in [9.17, 15) is 13.6 Å². The predicted molar refractivity (Wildman–Crippen MR) is 79.1 cm³/mol. The van der Waals surface area contributed by atoms with Crippen LogP contribution in [0.3, 0.4) is 0 Å². The van der Waals surface area contributed by atoms with Gasteiger partial charge in [-0.15, -0.1) is 0 Å². The molecule has 0 amide bonds. The van der Waals surface area contributed by atoms with Crippen LogP contribution in [0.2, 0.25) is 0 Å². The quantitative estimate of drug-likeness (QED) is 0.743. The van der Waals surface area contributed by atoms with Gasteiger partial charge >= 0.3 is 0 Å².